The molecular formula is C18H20BrClN2O. The molecule has 0 radical (unpaired) electrons. The van der Waals surface area contributed by atoms with Gasteiger partial charge in [-0.2, -0.15) is 0 Å². The van der Waals surface area contributed by atoms with E-state index in [1.54, 1.807) is 0 Å². The molecule has 0 saturated heterocycles. The highest BCUT2D eigenvalue weighted by molar-refractivity contribution is 9.10. The van der Waals surface area contributed by atoms with Crippen molar-refractivity contribution in [2.75, 3.05) is 0 Å². The Labute approximate surface area is 151 Å². The summed E-state index contributed by atoms with van der Waals surface area (Å²) in [6.45, 7) is 2.76. The lowest BCUT2D eigenvalue weighted by Crippen LogP contribution is -2.48. The van der Waals surface area contributed by atoms with Crippen LogP contribution in [0.4, 0.5) is 0 Å². The Balaban J connectivity index is 0.00000192. The van der Waals surface area contributed by atoms with Crippen molar-refractivity contribution >= 4 is 34.2 Å². The van der Waals surface area contributed by atoms with Crippen LogP contribution < -0.4 is 10.6 Å². The van der Waals surface area contributed by atoms with Crippen molar-refractivity contribution in [2.24, 2.45) is 0 Å². The first-order chi connectivity index (χ1) is 10.6. The molecule has 0 bridgehead atoms. The number of nitrogens with one attached hydrogen (secondary N) is 2. The molecule has 2 atom stereocenters. The topological polar surface area (TPSA) is 41.1 Å². The van der Waals surface area contributed by atoms with Gasteiger partial charge in [0.05, 0.1) is 12.1 Å². The van der Waals surface area contributed by atoms with Crippen molar-refractivity contribution in [3.8, 4) is 0 Å². The smallest absolute Gasteiger partial charge is 0.237 e. The van der Waals surface area contributed by atoms with E-state index < -0.39 is 0 Å². The third-order valence-corrected chi connectivity index (χ3v) is 4.66. The van der Waals surface area contributed by atoms with Gasteiger partial charge in [0.1, 0.15) is 0 Å². The summed E-state index contributed by atoms with van der Waals surface area (Å²) in [6, 6.07) is 16.2. The molecule has 0 saturated carbocycles. The molecule has 2 aromatic carbocycles. The fourth-order valence-electron chi connectivity index (χ4n) is 2.79. The van der Waals surface area contributed by atoms with Crippen LogP contribution in [0.25, 0.3) is 0 Å². The number of rotatable bonds is 3. The van der Waals surface area contributed by atoms with E-state index in [2.05, 4.69) is 38.7 Å². The van der Waals surface area contributed by atoms with Crippen LogP contribution in [0.15, 0.2) is 53.0 Å². The Hall–Kier alpha value is -1.36. The molecule has 2 aromatic rings. The lowest BCUT2D eigenvalue weighted by Gasteiger charge is -2.26. The molecule has 3 rings (SSSR count). The Bertz CT molecular complexity index is 675. The summed E-state index contributed by atoms with van der Waals surface area (Å²) in [5.41, 5.74) is 3.65. The maximum absolute atomic E-state index is 12.5. The fraction of sp³-hybridized carbons (Fsp3) is 0.278. The minimum absolute atomic E-state index is 0. The largest absolute Gasteiger partial charge is 0.348 e. The summed E-state index contributed by atoms with van der Waals surface area (Å²) < 4.78 is 1.04. The normalized spacial score (nSPS) is 17.6. The Morgan fingerprint density at radius 1 is 1.17 bits per heavy atom. The van der Waals surface area contributed by atoms with E-state index in [1.807, 2.05) is 43.3 Å². The van der Waals surface area contributed by atoms with Gasteiger partial charge in [-0.1, -0.05) is 52.3 Å². The van der Waals surface area contributed by atoms with E-state index in [0.717, 1.165) is 23.0 Å². The minimum Gasteiger partial charge on any atom is -0.348 e. The van der Waals surface area contributed by atoms with Gasteiger partial charge in [-0.15, -0.1) is 12.4 Å². The summed E-state index contributed by atoms with van der Waals surface area (Å²) in [4.78, 5) is 12.5. The number of hydrogen-bond acceptors (Lipinski definition) is 2. The zero-order valence-electron chi connectivity index (χ0n) is 12.9. The SMILES string of the molecule is CC(NC(=O)C1Cc2ccccc2CN1)c1ccc(Br)cc1.Cl. The lowest BCUT2D eigenvalue weighted by molar-refractivity contribution is -0.124. The molecule has 122 valence electrons. The van der Waals surface area contributed by atoms with E-state index in [1.165, 1.54) is 11.1 Å². The maximum atomic E-state index is 12.5. The molecule has 5 heteroatoms. The van der Waals surface area contributed by atoms with Gasteiger partial charge in [-0.05, 0) is 42.2 Å². The standard InChI is InChI=1S/C18H19BrN2O.ClH/c1-12(13-6-8-16(19)9-7-13)21-18(22)17-10-14-4-2-3-5-15(14)11-20-17;/h2-9,12,17,20H,10-11H2,1H3,(H,21,22);1H. The first-order valence-corrected chi connectivity index (χ1v) is 8.29. The predicted molar refractivity (Wildman–Crippen MR) is 98.7 cm³/mol. The minimum atomic E-state index is -0.159. The molecular weight excluding hydrogens is 376 g/mol. The van der Waals surface area contributed by atoms with E-state index in [4.69, 9.17) is 0 Å². The number of halogens is 2. The van der Waals surface area contributed by atoms with Gasteiger partial charge in [0.25, 0.3) is 0 Å². The number of carbonyl (C=O) groups is 1. The second-order valence-corrected chi connectivity index (χ2v) is 6.60. The molecule has 1 aliphatic rings. The van der Waals surface area contributed by atoms with Gasteiger partial charge in [-0.3, -0.25) is 4.79 Å². The summed E-state index contributed by atoms with van der Waals surface area (Å²) in [5.74, 6) is 0.0601. The van der Waals surface area contributed by atoms with Crippen LogP contribution in [-0.4, -0.2) is 11.9 Å². The third kappa shape index (κ3) is 4.34. The molecule has 2 unspecified atom stereocenters. The van der Waals surface area contributed by atoms with Gasteiger partial charge >= 0.3 is 0 Å². The molecule has 1 heterocycles. The second-order valence-electron chi connectivity index (χ2n) is 5.69. The van der Waals surface area contributed by atoms with Crippen LogP contribution in [0.1, 0.15) is 29.7 Å². The van der Waals surface area contributed by atoms with Crippen LogP contribution in [0, 0.1) is 0 Å². The highest BCUT2D eigenvalue weighted by atomic mass is 79.9. The van der Waals surface area contributed by atoms with Crippen molar-refractivity contribution in [1.29, 1.82) is 0 Å². The third-order valence-electron chi connectivity index (χ3n) is 4.13. The summed E-state index contributed by atoms with van der Waals surface area (Å²) >= 11 is 3.43. The highest BCUT2D eigenvalue weighted by Gasteiger charge is 2.24. The number of hydrogen-bond donors (Lipinski definition) is 2. The highest BCUT2D eigenvalue weighted by Crippen LogP contribution is 2.19. The molecule has 2 N–H and O–H groups in total. The Morgan fingerprint density at radius 2 is 1.83 bits per heavy atom. The van der Waals surface area contributed by atoms with Crippen LogP contribution >= 0.6 is 28.3 Å². The van der Waals surface area contributed by atoms with E-state index >= 15 is 0 Å². The van der Waals surface area contributed by atoms with E-state index in [-0.39, 0.29) is 30.4 Å². The summed E-state index contributed by atoms with van der Waals surface area (Å²) in [7, 11) is 0. The second kappa shape index (κ2) is 7.95. The number of carbonyl (C=O) groups excluding carboxylic acids is 1. The Kier molecular flexibility index (Phi) is 6.22. The zero-order chi connectivity index (χ0) is 15.5. The molecule has 0 aromatic heterocycles. The number of fused-ring (bicyclic) bond motifs is 1. The van der Waals surface area contributed by atoms with E-state index in [9.17, 15) is 4.79 Å². The molecule has 3 nitrogen and oxygen atoms in total. The Morgan fingerprint density at radius 3 is 2.52 bits per heavy atom. The molecule has 1 amide bonds. The molecule has 0 spiro atoms. The lowest BCUT2D eigenvalue weighted by atomic mass is 9.95. The monoisotopic (exact) mass is 394 g/mol. The van der Waals surface area contributed by atoms with Gasteiger partial charge < -0.3 is 10.6 Å². The van der Waals surface area contributed by atoms with Crippen LogP contribution in [0.3, 0.4) is 0 Å². The van der Waals surface area contributed by atoms with Crippen LogP contribution in [0.5, 0.6) is 0 Å². The van der Waals surface area contributed by atoms with Gasteiger partial charge in [0, 0.05) is 11.0 Å². The van der Waals surface area contributed by atoms with Crippen molar-refractivity contribution < 1.29 is 4.79 Å². The summed E-state index contributed by atoms with van der Waals surface area (Å²) in [5, 5.41) is 6.42. The molecule has 23 heavy (non-hydrogen) atoms. The van der Waals surface area contributed by atoms with Crippen molar-refractivity contribution in [3.63, 3.8) is 0 Å². The average Bonchev–Trinajstić information content (AvgIpc) is 2.55. The molecule has 0 fully saturated rings. The van der Waals surface area contributed by atoms with Crippen molar-refractivity contribution in [2.45, 2.75) is 32.0 Å². The number of benzene rings is 2. The average molecular weight is 396 g/mol. The van der Waals surface area contributed by atoms with Gasteiger partial charge in [0.15, 0.2) is 0 Å². The molecule has 0 aliphatic carbocycles. The zero-order valence-corrected chi connectivity index (χ0v) is 15.3. The first-order valence-electron chi connectivity index (χ1n) is 7.49. The first kappa shape index (κ1) is 18.0. The number of amides is 1. The van der Waals surface area contributed by atoms with E-state index in [0.29, 0.717) is 0 Å². The van der Waals surface area contributed by atoms with Crippen LogP contribution in [-0.2, 0) is 17.8 Å². The van der Waals surface area contributed by atoms with Crippen molar-refractivity contribution in [1.82, 2.24) is 10.6 Å². The van der Waals surface area contributed by atoms with Crippen LogP contribution in [0.2, 0.25) is 0 Å². The molecule has 1 aliphatic heterocycles. The summed E-state index contributed by atoms with van der Waals surface area (Å²) in [6.07, 6.45) is 0.745. The maximum Gasteiger partial charge on any atom is 0.237 e. The quantitative estimate of drug-likeness (QED) is 0.831. The van der Waals surface area contributed by atoms with Gasteiger partial charge in [-0.25, -0.2) is 0 Å². The van der Waals surface area contributed by atoms with Crippen molar-refractivity contribution in [3.05, 3.63) is 69.7 Å². The van der Waals surface area contributed by atoms with Gasteiger partial charge in [0.2, 0.25) is 5.91 Å². The fourth-order valence-corrected chi connectivity index (χ4v) is 3.05. The predicted octanol–water partition coefficient (Wildman–Crippen LogP) is 3.76.